The van der Waals surface area contributed by atoms with Crippen molar-refractivity contribution in [3.8, 4) is 5.75 Å². The van der Waals surface area contributed by atoms with Gasteiger partial charge in [-0.3, -0.25) is 9.59 Å². The molecule has 1 heterocycles. The van der Waals surface area contributed by atoms with Crippen LogP contribution in [0.15, 0.2) is 48.8 Å². The van der Waals surface area contributed by atoms with E-state index in [0.29, 0.717) is 11.4 Å². The van der Waals surface area contributed by atoms with Crippen molar-refractivity contribution < 1.29 is 14.7 Å². The highest BCUT2D eigenvalue weighted by molar-refractivity contribution is 6.43. The Kier molecular flexibility index (Phi) is 3.45. The second kappa shape index (κ2) is 5.57. The molecule has 0 fully saturated rings. The van der Waals surface area contributed by atoms with Gasteiger partial charge in [-0.1, -0.05) is 6.07 Å². The molecule has 0 aliphatic carbocycles. The van der Waals surface area contributed by atoms with E-state index in [4.69, 9.17) is 0 Å². The number of aromatic nitrogens is 2. The minimum absolute atomic E-state index is 0.00269. The zero-order chi connectivity index (χ0) is 15.5. The number of benzene rings is 2. The quantitative estimate of drug-likeness (QED) is 0.541. The van der Waals surface area contributed by atoms with Crippen LogP contribution >= 0.6 is 0 Å². The van der Waals surface area contributed by atoms with Gasteiger partial charge in [0, 0.05) is 17.4 Å². The van der Waals surface area contributed by atoms with Gasteiger partial charge >= 0.3 is 11.8 Å². The Labute approximate surface area is 125 Å². The van der Waals surface area contributed by atoms with Crippen LogP contribution in [0.3, 0.4) is 0 Å². The van der Waals surface area contributed by atoms with Crippen molar-refractivity contribution in [2.75, 3.05) is 10.6 Å². The first-order valence-electron chi connectivity index (χ1n) is 6.46. The summed E-state index contributed by atoms with van der Waals surface area (Å²) in [7, 11) is 0. The van der Waals surface area contributed by atoms with E-state index in [1.165, 1.54) is 12.1 Å². The normalized spacial score (nSPS) is 10.4. The van der Waals surface area contributed by atoms with Crippen molar-refractivity contribution in [1.29, 1.82) is 0 Å². The highest BCUT2D eigenvalue weighted by Crippen LogP contribution is 2.17. The van der Waals surface area contributed by atoms with Crippen LogP contribution in [0.5, 0.6) is 5.75 Å². The minimum atomic E-state index is -0.824. The van der Waals surface area contributed by atoms with Gasteiger partial charge < -0.3 is 20.7 Å². The molecule has 110 valence electrons. The summed E-state index contributed by atoms with van der Waals surface area (Å²) in [5.74, 6) is -1.62. The number of carbonyl (C=O) groups is 2. The van der Waals surface area contributed by atoms with Gasteiger partial charge in [-0.15, -0.1) is 0 Å². The number of rotatable bonds is 2. The predicted molar refractivity (Wildman–Crippen MR) is 81.5 cm³/mol. The highest BCUT2D eigenvalue weighted by atomic mass is 16.3. The number of hydrogen-bond acceptors (Lipinski definition) is 4. The Balaban J connectivity index is 1.69. The van der Waals surface area contributed by atoms with Crippen LogP contribution in [-0.2, 0) is 9.59 Å². The number of nitrogens with zero attached hydrogens (tertiary/aromatic N) is 1. The molecule has 3 rings (SSSR count). The van der Waals surface area contributed by atoms with Gasteiger partial charge in [-0.05, 0) is 30.3 Å². The summed E-state index contributed by atoms with van der Waals surface area (Å²) in [5.41, 5.74) is 2.34. The molecule has 2 aromatic carbocycles. The molecule has 0 aliphatic rings. The van der Waals surface area contributed by atoms with Gasteiger partial charge in [0.2, 0.25) is 0 Å². The maximum absolute atomic E-state index is 11.9. The Hall–Kier alpha value is -3.35. The van der Waals surface area contributed by atoms with Crippen molar-refractivity contribution in [2.45, 2.75) is 0 Å². The lowest BCUT2D eigenvalue weighted by Crippen LogP contribution is -2.29. The molecule has 2 amide bonds. The molecule has 7 heteroatoms. The molecular weight excluding hydrogens is 284 g/mol. The number of H-pyrrole nitrogens is 1. The second-order valence-electron chi connectivity index (χ2n) is 4.59. The van der Waals surface area contributed by atoms with E-state index in [2.05, 4.69) is 20.6 Å². The molecule has 22 heavy (non-hydrogen) atoms. The number of aromatic hydroxyl groups is 1. The van der Waals surface area contributed by atoms with E-state index >= 15 is 0 Å². The molecule has 0 radical (unpaired) electrons. The third-order valence-electron chi connectivity index (χ3n) is 2.99. The largest absolute Gasteiger partial charge is 0.508 e. The number of imidazole rings is 1. The lowest BCUT2D eigenvalue weighted by Gasteiger charge is -2.07. The second-order valence-corrected chi connectivity index (χ2v) is 4.59. The molecule has 3 aromatic rings. The van der Waals surface area contributed by atoms with Crippen LogP contribution in [-0.4, -0.2) is 26.9 Å². The van der Waals surface area contributed by atoms with Crippen molar-refractivity contribution in [1.82, 2.24) is 9.97 Å². The lowest BCUT2D eigenvalue weighted by molar-refractivity contribution is -0.132. The number of anilines is 2. The van der Waals surface area contributed by atoms with E-state index in [9.17, 15) is 14.7 Å². The first-order valence-corrected chi connectivity index (χ1v) is 6.46. The van der Waals surface area contributed by atoms with Crippen molar-refractivity contribution in [3.05, 3.63) is 48.8 Å². The summed E-state index contributed by atoms with van der Waals surface area (Å²) >= 11 is 0. The van der Waals surface area contributed by atoms with Crippen LogP contribution < -0.4 is 10.6 Å². The molecule has 4 N–H and O–H groups in total. The predicted octanol–water partition coefficient (Wildman–Crippen LogP) is 1.85. The number of nitrogens with one attached hydrogen (secondary N) is 3. The fraction of sp³-hybridized carbons (Fsp3) is 0. The third kappa shape index (κ3) is 2.88. The Morgan fingerprint density at radius 2 is 1.73 bits per heavy atom. The van der Waals surface area contributed by atoms with E-state index in [0.717, 1.165) is 11.0 Å². The zero-order valence-electron chi connectivity index (χ0n) is 11.3. The van der Waals surface area contributed by atoms with Gasteiger partial charge in [-0.25, -0.2) is 4.98 Å². The molecule has 0 unspecified atom stereocenters. The highest BCUT2D eigenvalue weighted by Gasteiger charge is 2.14. The maximum Gasteiger partial charge on any atom is 0.314 e. The average molecular weight is 296 g/mol. The Morgan fingerprint density at radius 3 is 2.45 bits per heavy atom. The minimum Gasteiger partial charge on any atom is -0.508 e. The molecule has 0 spiro atoms. The number of carbonyl (C=O) groups excluding carboxylic acids is 2. The summed E-state index contributed by atoms with van der Waals surface area (Å²) in [6.45, 7) is 0. The smallest absolute Gasteiger partial charge is 0.314 e. The van der Waals surface area contributed by atoms with Crippen LogP contribution in [0, 0.1) is 0 Å². The van der Waals surface area contributed by atoms with Crippen LogP contribution in [0.25, 0.3) is 11.0 Å². The zero-order valence-corrected chi connectivity index (χ0v) is 11.3. The molecule has 0 saturated heterocycles. The molecule has 0 bridgehead atoms. The first kappa shape index (κ1) is 13.6. The summed E-state index contributed by atoms with van der Waals surface area (Å²) < 4.78 is 0. The monoisotopic (exact) mass is 296 g/mol. The summed E-state index contributed by atoms with van der Waals surface area (Å²) in [6.07, 6.45) is 1.55. The van der Waals surface area contributed by atoms with Crippen LogP contribution in [0.2, 0.25) is 0 Å². The number of amides is 2. The van der Waals surface area contributed by atoms with E-state index in [1.54, 1.807) is 36.7 Å². The molecule has 0 aliphatic heterocycles. The Bertz CT molecular complexity index is 857. The van der Waals surface area contributed by atoms with Gasteiger partial charge in [0.1, 0.15) is 5.75 Å². The summed E-state index contributed by atoms with van der Waals surface area (Å²) in [5, 5.41) is 14.2. The SMILES string of the molecule is O=C(Nc1cccc(O)c1)C(=O)Nc1ccc2nc[nH]c2c1. The number of phenols is 1. The molecule has 0 saturated carbocycles. The van der Waals surface area contributed by atoms with Gasteiger partial charge in [-0.2, -0.15) is 0 Å². The van der Waals surface area contributed by atoms with Crippen molar-refractivity contribution >= 4 is 34.2 Å². The Morgan fingerprint density at radius 1 is 1.00 bits per heavy atom. The number of fused-ring (bicyclic) bond motifs is 1. The van der Waals surface area contributed by atoms with Crippen molar-refractivity contribution in [2.24, 2.45) is 0 Å². The third-order valence-corrected chi connectivity index (χ3v) is 2.99. The molecule has 0 atom stereocenters. The number of hydrogen-bond donors (Lipinski definition) is 4. The number of aromatic amines is 1. The first-order chi connectivity index (χ1) is 10.6. The van der Waals surface area contributed by atoms with Crippen molar-refractivity contribution in [3.63, 3.8) is 0 Å². The van der Waals surface area contributed by atoms with Crippen LogP contribution in [0.4, 0.5) is 11.4 Å². The van der Waals surface area contributed by atoms with E-state index < -0.39 is 11.8 Å². The lowest BCUT2D eigenvalue weighted by atomic mass is 10.2. The van der Waals surface area contributed by atoms with E-state index in [-0.39, 0.29) is 5.75 Å². The maximum atomic E-state index is 11.9. The van der Waals surface area contributed by atoms with Gasteiger partial charge in [0.15, 0.2) is 0 Å². The van der Waals surface area contributed by atoms with Crippen LogP contribution in [0.1, 0.15) is 0 Å². The molecular formula is C15H12N4O3. The van der Waals surface area contributed by atoms with E-state index in [1.807, 2.05) is 0 Å². The van der Waals surface area contributed by atoms with Gasteiger partial charge in [0.25, 0.3) is 0 Å². The summed E-state index contributed by atoms with van der Waals surface area (Å²) in [6, 6.07) is 11.0. The summed E-state index contributed by atoms with van der Waals surface area (Å²) in [4.78, 5) is 30.7. The standard InChI is InChI=1S/C15H12N4O3/c20-11-3-1-2-9(6-11)18-14(21)15(22)19-10-4-5-12-13(7-10)17-8-16-12/h1-8,20H,(H,16,17)(H,18,21)(H,19,22). The average Bonchev–Trinajstić information content (AvgIpc) is 2.94. The fourth-order valence-electron chi connectivity index (χ4n) is 1.97. The topological polar surface area (TPSA) is 107 Å². The van der Waals surface area contributed by atoms with Gasteiger partial charge in [0.05, 0.1) is 17.4 Å². The molecule has 7 nitrogen and oxygen atoms in total. The number of phenolic OH excluding ortho intramolecular Hbond substituents is 1. The fourth-order valence-corrected chi connectivity index (χ4v) is 1.97. The molecule has 1 aromatic heterocycles.